The lowest BCUT2D eigenvalue weighted by Gasteiger charge is -2.23. The zero-order valence-corrected chi connectivity index (χ0v) is 22.8. The van der Waals surface area contributed by atoms with E-state index in [9.17, 15) is 18.8 Å². The number of nitrogens with zero attached hydrogens (tertiary/aromatic N) is 2. The van der Waals surface area contributed by atoms with E-state index in [1.807, 2.05) is 13.8 Å². The Balaban J connectivity index is 1.73. The van der Waals surface area contributed by atoms with Gasteiger partial charge in [0.2, 0.25) is 5.76 Å². The maximum atomic E-state index is 14.1. The number of fused-ring (bicyclic) bond motifs is 2. The van der Waals surface area contributed by atoms with Gasteiger partial charge in [0, 0.05) is 0 Å². The number of carbonyl (C=O) groups is 2. The van der Waals surface area contributed by atoms with Crippen LogP contribution in [0.1, 0.15) is 56.9 Å². The molecule has 1 unspecified atom stereocenters. The average molecular weight is 565 g/mol. The molecule has 0 saturated carbocycles. The third kappa shape index (κ3) is 4.62. The SMILES string of the molecule is C=CCOC(=O)c1sc(N2C(=O)c3oc4ccc(F)cc4c(=O)c3C2c2ccc(OCC)c(OCC)c2)nc1C. The summed E-state index contributed by atoms with van der Waals surface area (Å²) in [7, 11) is 0. The quantitative estimate of drug-likeness (QED) is 0.191. The third-order valence-corrected chi connectivity index (χ3v) is 7.36. The van der Waals surface area contributed by atoms with Crippen LogP contribution in [0.4, 0.5) is 9.52 Å². The number of aromatic nitrogens is 1. The largest absolute Gasteiger partial charge is 0.490 e. The van der Waals surface area contributed by atoms with Crippen molar-refractivity contribution < 1.29 is 32.6 Å². The van der Waals surface area contributed by atoms with Gasteiger partial charge < -0.3 is 18.6 Å². The minimum absolute atomic E-state index is 0.00150. The first kappa shape index (κ1) is 27.1. The number of benzene rings is 2. The van der Waals surface area contributed by atoms with Gasteiger partial charge in [0.1, 0.15) is 22.9 Å². The topological polar surface area (TPSA) is 108 Å². The van der Waals surface area contributed by atoms with Crippen LogP contribution in [0.15, 0.2) is 58.3 Å². The zero-order valence-electron chi connectivity index (χ0n) is 22.0. The summed E-state index contributed by atoms with van der Waals surface area (Å²) in [5.41, 5.74) is 0.404. The van der Waals surface area contributed by atoms with Crippen molar-refractivity contribution in [3.63, 3.8) is 0 Å². The van der Waals surface area contributed by atoms with Crippen LogP contribution in [-0.4, -0.2) is 36.7 Å². The van der Waals surface area contributed by atoms with Crippen molar-refractivity contribution in [1.29, 1.82) is 0 Å². The third-order valence-electron chi connectivity index (χ3n) is 6.22. The van der Waals surface area contributed by atoms with E-state index in [1.54, 1.807) is 25.1 Å². The van der Waals surface area contributed by atoms with Gasteiger partial charge in [-0.15, -0.1) is 0 Å². The first-order valence-corrected chi connectivity index (χ1v) is 13.3. The summed E-state index contributed by atoms with van der Waals surface area (Å²) in [5, 5.41) is 0.157. The molecule has 0 radical (unpaired) electrons. The minimum Gasteiger partial charge on any atom is -0.490 e. The van der Waals surface area contributed by atoms with Crippen LogP contribution in [0.3, 0.4) is 0 Å². The first-order valence-electron chi connectivity index (χ1n) is 12.5. The molecule has 0 bridgehead atoms. The Kier molecular flexibility index (Phi) is 7.40. The van der Waals surface area contributed by atoms with Gasteiger partial charge in [0.25, 0.3) is 5.91 Å². The smallest absolute Gasteiger partial charge is 0.350 e. The van der Waals surface area contributed by atoms with Gasteiger partial charge in [-0.1, -0.05) is 30.1 Å². The molecule has 3 heterocycles. The lowest BCUT2D eigenvalue weighted by Crippen LogP contribution is -2.29. The minimum atomic E-state index is -1.01. The van der Waals surface area contributed by atoms with Gasteiger partial charge in [0.15, 0.2) is 22.1 Å². The Hall–Kier alpha value is -4.51. The van der Waals surface area contributed by atoms with Crippen LogP contribution in [-0.2, 0) is 4.74 Å². The van der Waals surface area contributed by atoms with Crippen LogP contribution in [0.5, 0.6) is 11.5 Å². The number of esters is 1. The molecule has 1 atom stereocenters. The zero-order chi connectivity index (χ0) is 28.6. The summed E-state index contributed by atoms with van der Waals surface area (Å²) in [6.07, 6.45) is 1.44. The molecule has 0 fully saturated rings. The summed E-state index contributed by atoms with van der Waals surface area (Å²) < 4.78 is 36.7. The lowest BCUT2D eigenvalue weighted by molar-refractivity contribution is 0.0554. The number of anilines is 1. The van der Waals surface area contributed by atoms with Crippen molar-refractivity contribution in [2.24, 2.45) is 0 Å². The van der Waals surface area contributed by atoms with Crippen LogP contribution in [0.25, 0.3) is 11.0 Å². The summed E-state index contributed by atoms with van der Waals surface area (Å²) in [4.78, 5) is 46.3. The number of rotatable bonds is 9. The van der Waals surface area contributed by atoms with Crippen LogP contribution < -0.4 is 19.8 Å². The van der Waals surface area contributed by atoms with Gasteiger partial charge in [-0.05, 0) is 56.7 Å². The Morgan fingerprint density at radius 3 is 2.62 bits per heavy atom. The van der Waals surface area contributed by atoms with Gasteiger partial charge in [-0.3, -0.25) is 14.5 Å². The van der Waals surface area contributed by atoms with Gasteiger partial charge in [-0.25, -0.2) is 14.2 Å². The molecule has 5 rings (SSSR count). The van der Waals surface area contributed by atoms with Crippen LogP contribution in [0, 0.1) is 12.7 Å². The number of amides is 1. The van der Waals surface area contributed by atoms with Gasteiger partial charge in [-0.2, -0.15) is 0 Å². The highest BCUT2D eigenvalue weighted by Crippen LogP contribution is 2.45. The van der Waals surface area contributed by atoms with E-state index in [0.29, 0.717) is 36.0 Å². The van der Waals surface area contributed by atoms with E-state index < -0.39 is 29.2 Å². The normalized spacial score (nSPS) is 14.3. The number of carbonyl (C=O) groups excluding carboxylic acids is 2. The highest BCUT2D eigenvalue weighted by molar-refractivity contribution is 7.17. The molecular weight excluding hydrogens is 539 g/mol. The predicted molar refractivity (Wildman–Crippen MR) is 147 cm³/mol. The average Bonchev–Trinajstić information content (AvgIpc) is 3.46. The molecule has 0 saturated heterocycles. The van der Waals surface area contributed by atoms with E-state index in [0.717, 1.165) is 23.5 Å². The van der Waals surface area contributed by atoms with Gasteiger partial charge in [0.05, 0.1) is 35.9 Å². The van der Waals surface area contributed by atoms with Gasteiger partial charge >= 0.3 is 5.97 Å². The Morgan fingerprint density at radius 2 is 1.90 bits per heavy atom. The van der Waals surface area contributed by atoms with Crippen molar-refractivity contribution in [3.8, 4) is 11.5 Å². The number of hydrogen-bond donors (Lipinski definition) is 0. The van der Waals surface area contributed by atoms with E-state index in [-0.39, 0.29) is 38.9 Å². The van der Waals surface area contributed by atoms with E-state index in [2.05, 4.69) is 11.6 Å². The summed E-state index contributed by atoms with van der Waals surface area (Å²) in [5.74, 6) is -1.14. The first-order chi connectivity index (χ1) is 19.3. The number of ether oxygens (including phenoxy) is 3. The Labute approximate surface area is 232 Å². The van der Waals surface area contributed by atoms with Crippen molar-refractivity contribution in [2.75, 3.05) is 24.7 Å². The fourth-order valence-electron chi connectivity index (χ4n) is 4.57. The molecule has 1 aliphatic heterocycles. The molecule has 40 heavy (non-hydrogen) atoms. The molecule has 206 valence electrons. The van der Waals surface area contributed by atoms with Crippen LogP contribution >= 0.6 is 11.3 Å². The maximum Gasteiger partial charge on any atom is 0.350 e. The molecule has 9 nitrogen and oxygen atoms in total. The number of halogens is 1. The predicted octanol–water partition coefficient (Wildman–Crippen LogP) is 5.59. The van der Waals surface area contributed by atoms with E-state index in [4.69, 9.17) is 18.6 Å². The van der Waals surface area contributed by atoms with Crippen molar-refractivity contribution in [1.82, 2.24) is 4.98 Å². The monoisotopic (exact) mass is 564 g/mol. The molecule has 0 spiro atoms. The Morgan fingerprint density at radius 1 is 1.15 bits per heavy atom. The van der Waals surface area contributed by atoms with Crippen molar-refractivity contribution in [3.05, 3.63) is 92.6 Å². The van der Waals surface area contributed by atoms with Crippen LogP contribution in [0.2, 0.25) is 0 Å². The Bertz CT molecular complexity index is 1710. The summed E-state index contributed by atoms with van der Waals surface area (Å²) in [6, 6.07) is 7.62. The molecule has 0 aliphatic carbocycles. The molecule has 2 aromatic carbocycles. The fraction of sp³-hybridized carbons (Fsp3) is 0.241. The second-order valence-corrected chi connectivity index (χ2v) is 9.74. The fourth-order valence-corrected chi connectivity index (χ4v) is 5.56. The summed E-state index contributed by atoms with van der Waals surface area (Å²) in [6.45, 7) is 9.59. The molecule has 0 N–H and O–H groups in total. The van der Waals surface area contributed by atoms with E-state index >= 15 is 0 Å². The highest BCUT2D eigenvalue weighted by atomic mass is 32.1. The molecule has 11 heteroatoms. The van der Waals surface area contributed by atoms with Crippen molar-refractivity contribution in [2.45, 2.75) is 26.8 Å². The molecule has 1 aliphatic rings. The number of thiazole rings is 1. The van der Waals surface area contributed by atoms with Crippen molar-refractivity contribution >= 4 is 39.3 Å². The standard InChI is InChI=1S/C29H25FN2O7S/c1-5-12-38-28(35)26-15(4)31-29(40-26)32-23(16-8-10-20(36-6-2)21(13-16)37-7-3)22-24(33)18-14-17(30)9-11-19(18)39-25(22)27(32)34/h5,8-11,13-14,23H,1,6-7,12H2,2-4H3. The highest BCUT2D eigenvalue weighted by Gasteiger charge is 2.45. The lowest BCUT2D eigenvalue weighted by atomic mass is 9.98. The molecule has 2 aromatic heterocycles. The van der Waals surface area contributed by atoms with E-state index in [1.165, 1.54) is 17.0 Å². The molecule has 1 amide bonds. The molecule has 4 aromatic rings. The number of hydrogen-bond acceptors (Lipinski definition) is 9. The molecular formula is C29H25FN2O7S. The maximum absolute atomic E-state index is 14.1. The second kappa shape index (κ2) is 10.9. The number of aryl methyl sites for hydroxylation is 1. The second-order valence-electron chi connectivity index (χ2n) is 8.76. The summed E-state index contributed by atoms with van der Waals surface area (Å²) >= 11 is 0.952.